The van der Waals surface area contributed by atoms with E-state index in [-0.39, 0.29) is 5.92 Å². The minimum atomic E-state index is 0.183. The molecule has 2 atom stereocenters. The molecule has 1 aromatic rings. The van der Waals surface area contributed by atoms with E-state index >= 15 is 0 Å². The van der Waals surface area contributed by atoms with Crippen molar-refractivity contribution in [2.45, 2.75) is 31.7 Å². The molecule has 0 unspecified atom stereocenters. The Labute approximate surface area is 120 Å². The summed E-state index contributed by atoms with van der Waals surface area (Å²) in [5.41, 5.74) is 1.01. The van der Waals surface area contributed by atoms with E-state index < -0.39 is 0 Å². The zero-order valence-electron chi connectivity index (χ0n) is 12.0. The number of para-hydroxylation sites is 2. The lowest BCUT2D eigenvalue weighted by Gasteiger charge is -2.27. The summed E-state index contributed by atoms with van der Waals surface area (Å²) in [4.78, 5) is 0. The maximum Gasteiger partial charge on any atom is 0.142 e. The second-order valence-corrected chi connectivity index (χ2v) is 5.17. The van der Waals surface area contributed by atoms with E-state index in [0.29, 0.717) is 19.3 Å². The number of nitrogens with one attached hydrogen (secondary N) is 1. The average molecular weight is 274 g/mol. The summed E-state index contributed by atoms with van der Waals surface area (Å²) in [6.07, 6.45) is 4.18. The molecular formula is C16H22N2O2. The second kappa shape index (κ2) is 7.76. The Morgan fingerprint density at radius 1 is 1.30 bits per heavy atom. The van der Waals surface area contributed by atoms with Gasteiger partial charge in [-0.1, -0.05) is 18.6 Å². The minimum absolute atomic E-state index is 0.183. The van der Waals surface area contributed by atoms with Crippen molar-refractivity contribution in [1.29, 1.82) is 5.26 Å². The molecule has 1 saturated carbocycles. The first-order valence-electron chi connectivity index (χ1n) is 7.20. The number of hydrogen-bond acceptors (Lipinski definition) is 4. The molecule has 0 bridgehead atoms. The predicted octanol–water partition coefficient (Wildman–Crippen LogP) is 3.21. The summed E-state index contributed by atoms with van der Waals surface area (Å²) >= 11 is 0. The Hall–Kier alpha value is -1.73. The van der Waals surface area contributed by atoms with Crippen LogP contribution in [-0.2, 0) is 4.74 Å². The van der Waals surface area contributed by atoms with E-state index in [4.69, 9.17) is 14.7 Å². The Morgan fingerprint density at radius 3 is 2.95 bits per heavy atom. The number of benzene rings is 1. The van der Waals surface area contributed by atoms with Crippen molar-refractivity contribution in [2.24, 2.45) is 5.92 Å². The number of methoxy groups -OCH3 is 1. The van der Waals surface area contributed by atoms with Gasteiger partial charge < -0.3 is 14.8 Å². The maximum atomic E-state index is 9.06. The largest absolute Gasteiger partial charge is 0.489 e. The molecule has 1 N–H and O–H groups in total. The highest BCUT2D eigenvalue weighted by molar-refractivity contribution is 5.56. The standard InChI is InChI=1S/C16H22N2O2/c1-19-9-10-20-16-8-3-2-7-15(16)18-14-6-4-5-13(11-14)12-17/h2-3,7-8,13-14,18H,4-6,9-11H2,1H3/t13-,14-/m1/s1. The van der Waals surface area contributed by atoms with E-state index in [1.807, 2.05) is 24.3 Å². The van der Waals surface area contributed by atoms with Gasteiger partial charge in [0.25, 0.3) is 0 Å². The molecule has 0 amide bonds. The summed E-state index contributed by atoms with van der Waals surface area (Å²) in [6.45, 7) is 1.12. The number of rotatable bonds is 6. The van der Waals surface area contributed by atoms with Gasteiger partial charge >= 0.3 is 0 Å². The highest BCUT2D eigenvalue weighted by atomic mass is 16.5. The zero-order valence-corrected chi connectivity index (χ0v) is 12.0. The van der Waals surface area contributed by atoms with Crippen LogP contribution in [0.5, 0.6) is 5.75 Å². The summed E-state index contributed by atoms with van der Waals surface area (Å²) in [5.74, 6) is 1.03. The second-order valence-electron chi connectivity index (χ2n) is 5.17. The summed E-state index contributed by atoms with van der Waals surface area (Å²) in [5, 5.41) is 12.6. The van der Waals surface area contributed by atoms with Crippen molar-refractivity contribution >= 4 is 5.69 Å². The fourth-order valence-electron chi connectivity index (χ4n) is 2.60. The molecule has 4 nitrogen and oxygen atoms in total. The highest BCUT2D eigenvalue weighted by Gasteiger charge is 2.22. The van der Waals surface area contributed by atoms with Gasteiger partial charge in [-0.2, -0.15) is 5.26 Å². The van der Waals surface area contributed by atoms with Gasteiger partial charge in [0.15, 0.2) is 0 Å². The van der Waals surface area contributed by atoms with Crippen LogP contribution in [0.3, 0.4) is 0 Å². The lowest BCUT2D eigenvalue weighted by Crippen LogP contribution is -2.27. The molecule has 1 aliphatic rings. The Morgan fingerprint density at radius 2 is 2.15 bits per heavy atom. The maximum absolute atomic E-state index is 9.06. The number of anilines is 1. The lowest BCUT2D eigenvalue weighted by molar-refractivity contribution is 0.146. The van der Waals surface area contributed by atoms with Crippen molar-refractivity contribution in [3.63, 3.8) is 0 Å². The van der Waals surface area contributed by atoms with Crippen LogP contribution < -0.4 is 10.1 Å². The fourth-order valence-corrected chi connectivity index (χ4v) is 2.60. The van der Waals surface area contributed by atoms with Crippen LogP contribution in [0.25, 0.3) is 0 Å². The molecule has 0 heterocycles. The van der Waals surface area contributed by atoms with E-state index in [2.05, 4.69) is 11.4 Å². The lowest BCUT2D eigenvalue weighted by atomic mass is 9.86. The van der Waals surface area contributed by atoms with Gasteiger partial charge in [0.2, 0.25) is 0 Å². The highest BCUT2D eigenvalue weighted by Crippen LogP contribution is 2.30. The Kier molecular flexibility index (Phi) is 5.69. The first kappa shape index (κ1) is 14.7. The molecule has 0 radical (unpaired) electrons. The first-order chi connectivity index (χ1) is 9.83. The van der Waals surface area contributed by atoms with E-state index in [0.717, 1.165) is 37.1 Å². The van der Waals surface area contributed by atoms with Crippen LogP contribution in [0.4, 0.5) is 5.69 Å². The van der Waals surface area contributed by atoms with Gasteiger partial charge in [-0.15, -0.1) is 0 Å². The average Bonchev–Trinajstić information content (AvgIpc) is 2.49. The van der Waals surface area contributed by atoms with Crippen LogP contribution in [0.15, 0.2) is 24.3 Å². The number of nitrogens with zero attached hydrogens (tertiary/aromatic N) is 1. The SMILES string of the molecule is COCCOc1ccccc1N[C@@H]1CCC[C@@H](C#N)C1. The molecule has 108 valence electrons. The van der Waals surface area contributed by atoms with Crippen LogP contribution in [-0.4, -0.2) is 26.4 Å². The third kappa shape index (κ3) is 4.14. The quantitative estimate of drug-likeness (QED) is 0.809. The molecule has 0 spiro atoms. The number of ether oxygens (including phenoxy) is 2. The molecule has 2 rings (SSSR count). The summed E-state index contributed by atoms with van der Waals surface area (Å²) in [7, 11) is 1.66. The summed E-state index contributed by atoms with van der Waals surface area (Å²) < 4.78 is 10.7. The topological polar surface area (TPSA) is 54.3 Å². The van der Waals surface area contributed by atoms with Crippen molar-refractivity contribution in [1.82, 2.24) is 0 Å². The summed E-state index contributed by atoms with van der Waals surface area (Å²) in [6, 6.07) is 10.7. The zero-order chi connectivity index (χ0) is 14.2. The van der Waals surface area contributed by atoms with Crippen LogP contribution >= 0.6 is 0 Å². The first-order valence-corrected chi connectivity index (χ1v) is 7.20. The van der Waals surface area contributed by atoms with Crippen LogP contribution in [0.2, 0.25) is 0 Å². The molecule has 0 aliphatic heterocycles. The third-order valence-corrected chi connectivity index (χ3v) is 3.65. The minimum Gasteiger partial charge on any atom is -0.489 e. The molecule has 1 aliphatic carbocycles. The molecule has 1 fully saturated rings. The van der Waals surface area contributed by atoms with Crippen LogP contribution in [0, 0.1) is 17.2 Å². The van der Waals surface area contributed by atoms with Gasteiger partial charge in [-0.3, -0.25) is 0 Å². The number of nitriles is 1. The Balaban J connectivity index is 1.96. The smallest absolute Gasteiger partial charge is 0.142 e. The molecule has 0 saturated heterocycles. The van der Waals surface area contributed by atoms with E-state index in [1.54, 1.807) is 7.11 Å². The Bertz CT molecular complexity index is 456. The fraction of sp³-hybridized carbons (Fsp3) is 0.562. The van der Waals surface area contributed by atoms with Gasteiger partial charge in [0.05, 0.1) is 18.4 Å². The van der Waals surface area contributed by atoms with Gasteiger partial charge in [-0.25, -0.2) is 0 Å². The molecular weight excluding hydrogens is 252 g/mol. The van der Waals surface area contributed by atoms with Crippen molar-refractivity contribution in [3.05, 3.63) is 24.3 Å². The van der Waals surface area contributed by atoms with Gasteiger partial charge in [-0.05, 0) is 31.4 Å². The van der Waals surface area contributed by atoms with Crippen molar-refractivity contribution < 1.29 is 9.47 Å². The molecule has 0 aromatic heterocycles. The normalized spacial score (nSPS) is 22.0. The van der Waals surface area contributed by atoms with Gasteiger partial charge in [0.1, 0.15) is 12.4 Å². The van der Waals surface area contributed by atoms with Crippen molar-refractivity contribution in [3.8, 4) is 11.8 Å². The molecule has 4 heteroatoms. The molecule has 1 aromatic carbocycles. The third-order valence-electron chi connectivity index (χ3n) is 3.65. The predicted molar refractivity (Wildman–Crippen MR) is 78.8 cm³/mol. The van der Waals surface area contributed by atoms with E-state index in [1.165, 1.54) is 0 Å². The van der Waals surface area contributed by atoms with Crippen LogP contribution in [0.1, 0.15) is 25.7 Å². The molecule has 20 heavy (non-hydrogen) atoms. The van der Waals surface area contributed by atoms with E-state index in [9.17, 15) is 0 Å². The number of hydrogen-bond donors (Lipinski definition) is 1. The monoisotopic (exact) mass is 274 g/mol. The van der Waals surface area contributed by atoms with Crippen molar-refractivity contribution in [2.75, 3.05) is 25.6 Å². The van der Waals surface area contributed by atoms with Gasteiger partial charge in [0, 0.05) is 19.1 Å².